The lowest BCUT2D eigenvalue weighted by Crippen LogP contribution is -1.89. The van der Waals surface area contributed by atoms with Gasteiger partial charge in [0.2, 0.25) is 0 Å². The number of allylic oxidation sites excluding steroid dienone is 4. The first-order chi connectivity index (χ1) is 6.75. The summed E-state index contributed by atoms with van der Waals surface area (Å²) in [6.07, 6.45) is 7.84. The summed E-state index contributed by atoms with van der Waals surface area (Å²) in [5.74, 6) is -1.06. The molecule has 0 saturated carbocycles. The average Bonchev–Trinajstić information content (AvgIpc) is 2.18. The van der Waals surface area contributed by atoms with E-state index in [4.69, 9.17) is 0 Å². The molecule has 2 rings (SSSR count). The van der Waals surface area contributed by atoms with E-state index in [2.05, 4.69) is 0 Å². The van der Waals surface area contributed by atoms with Crippen molar-refractivity contribution < 1.29 is 8.78 Å². The molecule has 0 nitrogen and oxygen atoms in total. The number of hydrogen-bond acceptors (Lipinski definition) is 0. The lowest BCUT2D eigenvalue weighted by Gasteiger charge is -2.07. The van der Waals surface area contributed by atoms with Crippen molar-refractivity contribution in [3.05, 3.63) is 53.6 Å². The van der Waals surface area contributed by atoms with Crippen LogP contribution in [0.2, 0.25) is 0 Å². The van der Waals surface area contributed by atoms with Gasteiger partial charge in [0.15, 0.2) is 0 Å². The molecule has 1 aromatic carbocycles. The molecule has 0 unspecified atom stereocenters. The average molecular weight is 192 g/mol. The van der Waals surface area contributed by atoms with Crippen LogP contribution >= 0.6 is 0 Å². The van der Waals surface area contributed by atoms with Gasteiger partial charge in [-0.3, -0.25) is 0 Å². The molecular weight excluding hydrogens is 182 g/mol. The maximum absolute atomic E-state index is 12.9. The fourth-order valence-corrected chi connectivity index (χ4v) is 1.55. The van der Waals surface area contributed by atoms with Crippen LogP contribution in [0.3, 0.4) is 0 Å². The summed E-state index contributed by atoms with van der Waals surface area (Å²) < 4.78 is 25.8. The Bertz CT molecular complexity index is 383. The van der Waals surface area contributed by atoms with E-state index in [1.54, 1.807) is 0 Å². The van der Waals surface area contributed by atoms with Crippen molar-refractivity contribution in [1.82, 2.24) is 0 Å². The van der Waals surface area contributed by atoms with Gasteiger partial charge in [0.25, 0.3) is 0 Å². The van der Waals surface area contributed by atoms with Crippen LogP contribution in [0.4, 0.5) is 8.78 Å². The van der Waals surface area contributed by atoms with Crippen LogP contribution in [0.5, 0.6) is 0 Å². The highest BCUT2D eigenvalue weighted by Gasteiger charge is 2.04. The van der Waals surface area contributed by atoms with Crippen molar-refractivity contribution in [2.24, 2.45) is 0 Å². The maximum Gasteiger partial charge on any atom is 0.126 e. The van der Waals surface area contributed by atoms with Gasteiger partial charge in [-0.15, -0.1) is 0 Å². The molecule has 72 valence electrons. The SMILES string of the molecule is Fc1cc(F)cc(C2=CCCC=C2)c1. The summed E-state index contributed by atoms with van der Waals surface area (Å²) >= 11 is 0. The third-order valence-corrected chi connectivity index (χ3v) is 2.19. The fraction of sp³-hybridized carbons (Fsp3) is 0.167. The van der Waals surface area contributed by atoms with Gasteiger partial charge in [0, 0.05) is 6.07 Å². The van der Waals surface area contributed by atoms with Gasteiger partial charge in [-0.2, -0.15) is 0 Å². The van der Waals surface area contributed by atoms with Gasteiger partial charge in [-0.05, 0) is 36.1 Å². The summed E-state index contributed by atoms with van der Waals surface area (Å²) in [4.78, 5) is 0. The smallest absolute Gasteiger partial charge is 0.126 e. The zero-order valence-electron chi connectivity index (χ0n) is 7.63. The van der Waals surface area contributed by atoms with E-state index in [0.29, 0.717) is 5.56 Å². The molecule has 0 aliphatic heterocycles. The van der Waals surface area contributed by atoms with Crippen molar-refractivity contribution in [3.63, 3.8) is 0 Å². The summed E-state index contributed by atoms with van der Waals surface area (Å²) in [6.45, 7) is 0. The molecule has 0 heterocycles. The highest BCUT2D eigenvalue weighted by Crippen LogP contribution is 2.22. The van der Waals surface area contributed by atoms with Gasteiger partial charge >= 0.3 is 0 Å². The molecule has 1 aliphatic rings. The molecule has 1 aromatic rings. The zero-order valence-corrected chi connectivity index (χ0v) is 7.63. The molecule has 0 radical (unpaired) electrons. The number of benzene rings is 1. The van der Waals surface area contributed by atoms with Crippen molar-refractivity contribution in [1.29, 1.82) is 0 Å². The molecule has 2 heteroatoms. The normalized spacial score (nSPS) is 15.4. The van der Waals surface area contributed by atoms with Crippen LogP contribution in [-0.2, 0) is 0 Å². The first-order valence-corrected chi connectivity index (χ1v) is 4.59. The van der Waals surface area contributed by atoms with Crippen molar-refractivity contribution in [2.45, 2.75) is 12.8 Å². The van der Waals surface area contributed by atoms with E-state index in [-0.39, 0.29) is 0 Å². The summed E-state index contributed by atoms with van der Waals surface area (Å²) in [7, 11) is 0. The minimum absolute atomic E-state index is 0.528. The Morgan fingerprint density at radius 2 is 1.64 bits per heavy atom. The molecule has 0 N–H and O–H groups in total. The molecule has 0 amide bonds. The third kappa shape index (κ3) is 1.90. The van der Waals surface area contributed by atoms with Crippen molar-refractivity contribution in [3.8, 4) is 0 Å². The number of rotatable bonds is 1. The first kappa shape index (κ1) is 9.13. The standard InChI is InChI=1S/C12H10F2/c13-11-6-10(7-12(14)8-11)9-4-2-1-3-5-9/h2,4-8H,1,3H2. The summed E-state index contributed by atoms with van der Waals surface area (Å²) in [6, 6.07) is 3.59. The molecule has 0 saturated heterocycles. The monoisotopic (exact) mass is 192 g/mol. The van der Waals surface area contributed by atoms with E-state index in [0.717, 1.165) is 24.5 Å². The second kappa shape index (κ2) is 3.74. The molecule has 14 heavy (non-hydrogen) atoms. The highest BCUT2D eigenvalue weighted by molar-refractivity contribution is 5.74. The van der Waals surface area contributed by atoms with Crippen molar-refractivity contribution in [2.75, 3.05) is 0 Å². The second-order valence-electron chi connectivity index (χ2n) is 3.30. The molecular formula is C12H10F2. The predicted octanol–water partition coefficient (Wildman–Crippen LogP) is 3.70. The van der Waals surface area contributed by atoms with E-state index in [1.807, 2.05) is 18.2 Å². The quantitative estimate of drug-likeness (QED) is 0.636. The van der Waals surface area contributed by atoms with Gasteiger partial charge in [0.1, 0.15) is 11.6 Å². The molecule has 0 atom stereocenters. The molecule has 0 spiro atoms. The lowest BCUT2D eigenvalue weighted by atomic mass is 9.99. The number of halogens is 2. The first-order valence-electron chi connectivity index (χ1n) is 4.59. The van der Waals surface area contributed by atoms with E-state index >= 15 is 0 Å². The van der Waals surface area contributed by atoms with Crippen LogP contribution in [0.15, 0.2) is 36.4 Å². The van der Waals surface area contributed by atoms with Crippen LogP contribution in [-0.4, -0.2) is 0 Å². The topological polar surface area (TPSA) is 0 Å². The fourth-order valence-electron chi connectivity index (χ4n) is 1.55. The van der Waals surface area contributed by atoms with Crippen LogP contribution in [0.25, 0.3) is 5.57 Å². The Morgan fingerprint density at radius 3 is 2.21 bits per heavy atom. The summed E-state index contributed by atoms with van der Waals surface area (Å²) in [5.41, 5.74) is 1.51. The molecule has 0 aromatic heterocycles. The van der Waals surface area contributed by atoms with Gasteiger partial charge in [-0.25, -0.2) is 8.78 Å². The van der Waals surface area contributed by atoms with Crippen LogP contribution in [0.1, 0.15) is 18.4 Å². The highest BCUT2D eigenvalue weighted by atomic mass is 19.1. The Balaban J connectivity index is 2.40. The van der Waals surface area contributed by atoms with E-state index < -0.39 is 11.6 Å². The summed E-state index contributed by atoms with van der Waals surface area (Å²) in [5, 5.41) is 0. The maximum atomic E-state index is 12.9. The Kier molecular flexibility index (Phi) is 2.44. The third-order valence-electron chi connectivity index (χ3n) is 2.19. The zero-order chi connectivity index (χ0) is 9.97. The molecule has 1 aliphatic carbocycles. The van der Waals surface area contributed by atoms with Crippen LogP contribution < -0.4 is 0 Å². The van der Waals surface area contributed by atoms with Gasteiger partial charge < -0.3 is 0 Å². The van der Waals surface area contributed by atoms with E-state index in [9.17, 15) is 8.78 Å². The van der Waals surface area contributed by atoms with Gasteiger partial charge in [0.05, 0.1) is 0 Å². The molecule has 0 fully saturated rings. The lowest BCUT2D eigenvalue weighted by molar-refractivity contribution is 0.582. The minimum Gasteiger partial charge on any atom is -0.207 e. The second-order valence-corrected chi connectivity index (χ2v) is 3.30. The van der Waals surface area contributed by atoms with E-state index in [1.165, 1.54) is 12.1 Å². The predicted molar refractivity (Wildman–Crippen MR) is 52.7 cm³/mol. The largest absolute Gasteiger partial charge is 0.207 e. The Labute approximate surface area is 81.6 Å². The molecule has 0 bridgehead atoms. The minimum atomic E-state index is -0.528. The van der Waals surface area contributed by atoms with Crippen LogP contribution in [0, 0.1) is 11.6 Å². The Morgan fingerprint density at radius 1 is 0.929 bits per heavy atom. The van der Waals surface area contributed by atoms with Crippen molar-refractivity contribution >= 4 is 5.57 Å². The Hall–Kier alpha value is -1.44. The number of hydrogen-bond donors (Lipinski definition) is 0. The van der Waals surface area contributed by atoms with Gasteiger partial charge in [-0.1, -0.05) is 18.2 Å².